The zero-order valence-electron chi connectivity index (χ0n) is 24.3. The number of imide groups is 1. The van der Waals surface area contributed by atoms with Crippen LogP contribution in [0.4, 0.5) is 21.9 Å². The van der Waals surface area contributed by atoms with Crippen LogP contribution in [0.5, 0.6) is 11.5 Å². The van der Waals surface area contributed by atoms with Crippen LogP contribution in [0.1, 0.15) is 22.5 Å². The number of ether oxygens (including phenoxy) is 1. The Bertz CT molecular complexity index is 1890. The molecule has 0 atom stereocenters. The molecule has 1 aliphatic heterocycles. The highest BCUT2D eigenvalue weighted by Gasteiger charge is 2.35. The van der Waals surface area contributed by atoms with Gasteiger partial charge in [0.1, 0.15) is 18.0 Å². The molecule has 0 aliphatic carbocycles. The van der Waals surface area contributed by atoms with Gasteiger partial charge in [-0.2, -0.15) is 0 Å². The van der Waals surface area contributed by atoms with Crippen molar-refractivity contribution < 1.29 is 29.0 Å². The van der Waals surface area contributed by atoms with Gasteiger partial charge in [-0.3, -0.25) is 29.8 Å². The van der Waals surface area contributed by atoms with Gasteiger partial charge in [-0.05, 0) is 80.9 Å². The number of nitrogens with one attached hydrogen (secondary N) is 2. The Labute approximate surface area is 255 Å². The van der Waals surface area contributed by atoms with E-state index in [9.17, 15) is 34.6 Å². The number of aromatic nitrogens is 1. The van der Waals surface area contributed by atoms with Gasteiger partial charge in [0.25, 0.3) is 11.6 Å². The fraction of sp³-hybridized carbons (Fsp3) is 0.129. The highest BCUT2D eigenvalue weighted by molar-refractivity contribution is 6.16. The van der Waals surface area contributed by atoms with Gasteiger partial charge in [0, 0.05) is 28.8 Å². The molecular formula is C31H26N6O8. The molecule has 4 aromatic rings. The van der Waals surface area contributed by atoms with Crippen molar-refractivity contribution in [2.45, 2.75) is 20.8 Å². The zero-order valence-corrected chi connectivity index (χ0v) is 24.3. The number of carbonyl (C=O) groups is 3. The summed E-state index contributed by atoms with van der Waals surface area (Å²) in [6.07, 6.45) is 1.54. The third kappa shape index (κ3) is 6.39. The highest BCUT2D eigenvalue weighted by Crippen LogP contribution is 2.35. The number of aryl methyl sites for hydroxylation is 2. The summed E-state index contributed by atoms with van der Waals surface area (Å²) in [4.78, 5) is 59.9. The zero-order chi connectivity index (χ0) is 32.4. The van der Waals surface area contributed by atoms with E-state index in [4.69, 9.17) is 4.74 Å². The van der Waals surface area contributed by atoms with E-state index in [-0.39, 0.29) is 17.2 Å². The molecule has 14 heteroatoms. The minimum atomic E-state index is -0.754. The number of nitro groups is 2. The Morgan fingerprint density at radius 3 is 2.27 bits per heavy atom. The highest BCUT2D eigenvalue weighted by atomic mass is 16.6. The Hall–Kier alpha value is -6.31. The van der Waals surface area contributed by atoms with Crippen molar-refractivity contribution in [3.05, 3.63) is 121 Å². The first-order valence-corrected chi connectivity index (χ1v) is 13.5. The molecule has 0 saturated carbocycles. The smallest absolute Gasteiger partial charge is 0.329 e. The van der Waals surface area contributed by atoms with Crippen molar-refractivity contribution in [1.29, 1.82) is 0 Å². The van der Waals surface area contributed by atoms with Crippen LogP contribution in [-0.2, 0) is 9.59 Å². The van der Waals surface area contributed by atoms with Crippen LogP contribution in [0.3, 0.4) is 0 Å². The lowest BCUT2D eigenvalue weighted by atomic mass is 10.2. The van der Waals surface area contributed by atoms with Crippen molar-refractivity contribution in [2.24, 2.45) is 0 Å². The molecule has 3 aromatic carbocycles. The summed E-state index contributed by atoms with van der Waals surface area (Å²) in [6.45, 7) is 5.15. The van der Waals surface area contributed by atoms with Crippen molar-refractivity contribution in [3.63, 3.8) is 0 Å². The summed E-state index contributed by atoms with van der Waals surface area (Å²) in [5.74, 6) is -1.03. The molecule has 0 spiro atoms. The molecule has 2 heterocycles. The first kappa shape index (κ1) is 30.2. The number of nitrogens with zero attached hydrogens (tertiary/aromatic N) is 4. The van der Waals surface area contributed by atoms with Gasteiger partial charge in [0.05, 0.1) is 15.9 Å². The molecule has 1 aromatic heterocycles. The number of urea groups is 1. The molecule has 0 unspecified atom stereocenters. The summed E-state index contributed by atoms with van der Waals surface area (Å²) >= 11 is 0. The van der Waals surface area contributed by atoms with E-state index in [2.05, 4.69) is 10.6 Å². The Morgan fingerprint density at radius 1 is 0.933 bits per heavy atom. The van der Waals surface area contributed by atoms with Gasteiger partial charge in [-0.25, -0.2) is 9.69 Å². The summed E-state index contributed by atoms with van der Waals surface area (Å²) < 4.78 is 7.56. The first-order chi connectivity index (χ1) is 21.4. The lowest BCUT2D eigenvalue weighted by molar-refractivity contribution is -0.394. The number of carbonyl (C=O) groups excluding carboxylic acids is 3. The average molecular weight is 611 g/mol. The molecule has 45 heavy (non-hydrogen) atoms. The van der Waals surface area contributed by atoms with Gasteiger partial charge >= 0.3 is 11.7 Å². The van der Waals surface area contributed by atoms with Gasteiger partial charge in [0.2, 0.25) is 11.7 Å². The SMILES string of the molecule is Cc1ccc(NC(=O)CN2C(=O)N/C(=C/c3cc(C)n(-c4ccc(Oc5ccc([N+](=O)[O-])cc5[N+](=O)[O-])cc4)c3C)C2=O)cc1. The Balaban J connectivity index is 1.31. The molecule has 14 nitrogen and oxygen atoms in total. The summed E-state index contributed by atoms with van der Waals surface area (Å²) in [5.41, 5.74) is 3.56. The summed E-state index contributed by atoms with van der Waals surface area (Å²) in [6, 6.07) is 18.0. The number of rotatable bonds is 9. The van der Waals surface area contributed by atoms with E-state index in [0.29, 0.717) is 11.3 Å². The van der Waals surface area contributed by atoms with E-state index >= 15 is 0 Å². The molecule has 1 aliphatic rings. The van der Waals surface area contributed by atoms with Crippen LogP contribution in [0.25, 0.3) is 11.8 Å². The number of amides is 4. The fourth-order valence-electron chi connectivity index (χ4n) is 4.82. The monoisotopic (exact) mass is 610 g/mol. The molecule has 0 radical (unpaired) electrons. The van der Waals surface area contributed by atoms with E-state index in [1.807, 2.05) is 43.5 Å². The number of non-ortho nitro benzene ring substituents is 1. The number of hydrogen-bond acceptors (Lipinski definition) is 8. The predicted octanol–water partition coefficient (Wildman–Crippen LogP) is 5.54. The maximum Gasteiger partial charge on any atom is 0.329 e. The molecule has 1 saturated heterocycles. The summed E-state index contributed by atoms with van der Waals surface area (Å²) in [5, 5.41) is 27.6. The molecule has 5 rings (SSSR count). The fourth-order valence-corrected chi connectivity index (χ4v) is 4.82. The van der Waals surface area contributed by atoms with Crippen LogP contribution in [-0.4, -0.2) is 43.7 Å². The number of nitro benzene ring substituents is 2. The Kier molecular flexibility index (Phi) is 8.13. The van der Waals surface area contributed by atoms with Gasteiger partial charge in [-0.15, -0.1) is 0 Å². The van der Waals surface area contributed by atoms with Crippen molar-refractivity contribution in [3.8, 4) is 17.2 Å². The molecule has 228 valence electrons. The second-order valence-electron chi connectivity index (χ2n) is 10.2. The third-order valence-electron chi connectivity index (χ3n) is 7.04. The number of hydrogen-bond donors (Lipinski definition) is 2. The number of anilines is 1. The maximum absolute atomic E-state index is 13.0. The van der Waals surface area contributed by atoms with E-state index in [1.54, 1.807) is 42.5 Å². The third-order valence-corrected chi connectivity index (χ3v) is 7.04. The van der Waals surface area contributed by atoms with Crippen LogP contribution in [0.15, 0.2) is 78.5 Å². The second-order valence-corrected chi connectivity index (χ2v) is 10.2. The van der Waals surface area contributed by atoms with Gasteiger partial charge < -0.3 is 19.9 Å². The lowest BCUT2D eigenvalue weighted by Gasteiger charge is -2.12. The molecular weight excluding hydrogens is 584 g/mol. The second kappa shape index (κ2) is 12.1. The number of benzene rings is 3. The quantitative estimate of drug-likeness (QED) is 0.107. The van der Waals surface area contributed by atoms with E-state index in [1.165, 1.54) is 6.07 Å². The average Bonchev–Trinajstić information content (AvgIpc) is 3.42. The topological polar surface area (TPSA) is 179 Å². The van der Waals surface area contributed by atoms with Crippen LogP contribution in [0, 0.1) is 41.0 Å². The van der Waals surface area contributed by atoms with Crippen molar-refractivity contribution in [2.75, 3.05) is 11.9 Å². The van der Waals surface area contributed by atoms with Crippen LogP contribution < -0.4 is 15.4 Å². The minimum Gasteiger partial charge on any atom is -0.450 e. The van der Waals surface area contributed by atoms with Gasteiger partial charge in [-0.1, -0.05) is 17.7 Å². The van der Waals surface area contributed by atoms with Crippen molar-refractivity contribution in [1.82, 2.24) is 14.8 Å². The normalized spacial score (nSPS) is 13.6. The van der Waals surface area contributed by atoms with Gasteiger partial charge in [0.15, 0.2) is 0 Å². The summed E-state index contributed by atoms with van der Waals surface area (Å²) in [7, 11) is 0. The molecule has 0 bridgehead atoms. The van der Waals surface area contributed by atoms with Crippen LogP contribution in [0.2, 0.25) is 0 Å². The van der Waals surface area contributed by atoms with E-state index in [0.717, 1.165) is 39.7 Å². The van der Waals surface area contributed by atoms with Crippen LogP contribution >= 0.6 is 0 Å². The molecule has 4 amide bonds. The predicted molar refractivity (Wildman–Crippen MR) is 163 cm³/mol. The minimum absolute atomic E-state index is 0.0248. The Morgan fingerprint density at radius 2 is 1.62 bits per heavy atom. The lowest BCUT2D eigenvalue weighted by Crippen LogP contribution is -2.38. The van der Waals surface area contributed by atoms with Crippen molar-refractivity contribution >= 4 is 41.0 Å². The molecule has 2 N–H and O–H groups in total. The maximum atomic E-state index is 13.0. The first-order valence-electron chi connectivity index (χ1n) is 13.5. The standard InChI is InChI=1S/C31H26N6O8/c1-18-4-6-22(7-5-18)32-29(38)17-34-30(39)26(33-31(34)40)15-21-14-19(2)35(20(21)3)23-8-11-25(12-9-23)45-28-13-10-24(36(41)42)16-27(28)37(43)44/h4-16H,17H2,1-3H3,(H,32,38)(H,33,40)/b26-15+. The van der Waals surface area contributed by atoms with E-state index < -0.39 is 45.6 Å². The largest absolute Gasteiger partial charge is 0.450 e. The molecule has 1 fully saturated rings.